The van der Waals surface area contributed by atoms with Gasteiger partial charge in [-0.3, -0.25) is 4.90 Å². The summed E-state index contributed by atoms with van der Waals surface area (Å²) in [7, 11) is 1.95. The van der Waals surface area contributed by atoms with Crippen LogP contribution in [0.3, 0.4) is 0 Å². The maximum atomic E-state index is 10.3. The molecule has 0 bridgehead atoms. The summed E-state index contributed by atoms with van der Waals surface area (Å²) in [4.78, 5) is 6.62. The summed E-state index contributed by atoms with van der Waals surface area (Å²) in [5.74, 6) is 0.918. The molecule has 2 aromatic rings. The molecule has 10 heteroatoms. The van der Waals surface area contributed by atoms with Crippen LogP contribution in [0.1, 0.15) is 11.5 Å². The molecule has 3 atom stereocenters. The highest BCUT2D eigenvalue weighted by Gasteiger charge is 2.36. The van der Waals surface area contributed by atoms with Crippen LogP contribution in [0.15, 0.2) is 18.6 Å². The molecular weight excluding hydrogens is 350 g/mol. The first-order chi connectivity index (χ1) is 13.2. The van der Waals surface area contributed by atoms with Crippen molar-refractivity contribution in [2.75, 3.05) is 32.9 Å². The van der Waals surface area contributed by atoms with E-state index in [1.165, 1.54) is 0 Å². The quantitative estimate of drug-likeness (QED) is 0.618. The Balaban J connectivity index is 1.32. The smallest absolute Gasteiger partial charge is 0.122 e. The predicted molar refractivity (Wildman–Crippen MR) is 95.7 cm³/mol. The first kappa shape index (κ1) is 18.5. The Morgan fingerprint density at radius 3 is 2.96 bits per heavy atom. The van der Waals surface area contributed by atoms with E-state index in [2.05, 4.69) is 25.5 Å². The molecule has 2 N–H and O–H groups in total. The maximum absolute atomic E-state index is 10.3. The van der Waals surface area contributed by atoms with Crippen LogP contribution >= 0.6 is 0 Å². The van der Waals surface area contributed by atoms with Crippen LogP contribution in [-0.2, 0) is 36.2 Å². The number of aromatic nitrogens is 5. The summed E-state index contributed by atoms with van der Waals surface area (Å²) in [6, 6.07) is -0.173. The summed E-state index contributed by atoms with van der Waals surface area (Å²) >= 11 is 0. The van der Waals surface area contributed by atoms with E-state index >= 15 is 0 Å². The van der Waals surface area contributed by atoms with Gasteiger partial charge >= 0.3 is 0 Å². The van der Waals surface area contributed by atoms with E-state index in [1.54, 1.807) is 10.9 Å². The van der Waals surface area contributed by atoms with E-state index < -0.39 is 6.10 Å². The number of ether oxygens (including phenoxy) is 2. The number of hydrogen-bond acceptors (Lipinski definition) is 8. The van der Waals surface area contributed by atoms with E-state index in [9.17, 15) is 5.11 Å². The van der Waals surface area contributed by atoms with Gasteiger partial charge in [-0.05, 0) is 0 Å². The average molecular weight is 377 g/mol. The lowest BCUT2D eigenvalue weighted by Gasteiger charge is -2.25. The minimum atomic E-state index is -0.549. The average Bonchev–Trinajstić information content (AvgIpc) is 3.37. The third-order valence-electron chi connectivity index (χ3n) is 5.16. The molecule has 2 aliphatic rings. The van der Waals surface area contributed by atoms with Crippen LogP contribution in [0.2, 0.25) is 0 Å². The summed E-state index contributed by atoms with van der Waals surface area (Å²) in [5.41, 5.74) is 0.938. The zero-order chi connectivity index (χ0) is 18.6. The van der Waals surface area contributed by atoms with Crippen molar-refractivity contribution >= 4 is 0 Å². The van der Waals surface area contributed by atoms with Gasteiger partial charge in [0, 0.05) is 45.3 Å². The fourth-order valence-electron chi connectivity index (χ4n) is 3.56. The van der Waals surface area contributed by atoms with Crippen molar-refractivity contribution in [3.63, 3.8) is 0 Å². The highest BCUT2D eigenvalue weighted by molar-refractivity contribution is 4.97. The SMILES string of the molecule is Cn1ccnc1CN[C@@H]1[C@@H](O)CO[C@@H]1Cn1cc(CN2CCOCC2)nn1. The Morgan fingerprint density at radius 2 is 2.19 bits per heavy atom. The number of rotatable bonds is 7. The van der Waals surface area contributed by atoms with E-state index in [4.69, 9.17) is 9.47 Å². The van der Waals surface area contributed by atoms with Gasteiger partial charge in [0.1, 0.15) is 5.82 Å². The van der Waals surface area contributed by atoms with Crippen molar-refractivity contribution in [2.24, 2.45) is 7.05 Å². The van der Waals surface area contributed by atoms with E-state index in [0.717, 1.165) is 44.4 Å². The molecule has 2 fully saturated rings. The monoisotopic (exact) mass is 377 g/mol. The first-order valence-electron chi connectivity index (χ1n) is 9.37. The number of hydrogen-bond donors (Lipinski definition) is 2. The van der Waals surface area contributed by atoms with Crippen LogP contribution in [0.4, 0.5) is 0 Å². The molecule has 0 aliphatic carbocycles. The van der Waals surface area contributed by atoms with Gasteiger partial charge in [-0.1, -0.05) is 5.21 Å². The Bertz CT molecular complexity index is 728. The molecule has 2 aromatic heterocycles. The van der Waals surface area contributed by atoms with Crippen molar-refractivity contribution in [1.29, 1.82) is 0 Å². The minimum Gasteiger partial charge on any atom is -0.389 e. The molecule has 10 nitrogen and oxygen atoms in total. The number of morpholine rings is 1. The second kappa shape index (κ2) is 8.44. The number of nitrogens with zero attached hydrogens (tertiary/aromatic N) is 6. The van der Waals surface area contributed by atoms with Crippen LogP contribution in [0, 0.1) is 0 Å². The minimum absolute atomic E-state index is 0.168. The second-order valence-corrected chi connectivity index (χ2v) is 7.12. The van der Waals surface area contributed by atoms with Crippen LogP contribution < -0.4 is 5.32 Å². The normalized spacial score (nSPS) is 26.7. The van der Waals surface area contributed by atoms with Gasteiger partial charge in [-0.15, -0.1) is 5.10 Å². The van der Waals surface area contributed by atoms with Crippen molar-refractivity contribution in [2.45, 2.75) is 37.9 Å². The van der Waals surface area contributed by atoms with E-state index in [-0.39, 0.29) is 12.1 Å². The van der Waals surface area contributed by atoms with Crippen molar-refractivity contribution < 1.29 is 14.6 Å². The Hall–Kier alpha value is -1.85. The molecular formula is C17H27N7O3. The molecule has 2 aliphatic heterocycles. The highest BCUT2D eigenvalue weighted by atomic mass is 16.5. The summed E-state index contributed by atoms with van der Waals surface area (Å²) in [5, 5.41) is 22.2. The molecule has 0 unspecified atom stereocenters. The molecule has 0 radical (unpaired) electrons. The second-order valence-electron chi connectivity index (χ2n) is 7.12. The zero-order valence-corrected chi connectivity index (χ0v) is 15.6. The molecule has 4 heterocycles. The Morgan fingerprint density at radius 1 is 1.33 bits per heavy atom. The molecule has 0 aromatic carbocycles. The lowest BCUT2D eigenvalue weighted by Crippen LogP contribution is -2.45. The molecule has 4 rings (SSSR count). The Kier molecular flexibility index (Phi) is 5.79. The lowest BCUT2D eigenvalue weighted by atomic mass is 10.1. The fraction of sp³-hybridized carbons (Fsp3) is 0.706. The van der Waals surface area contributed by atoms with Crippen LogP contribution in [0.25, 0.3) is 0 Å². The summed E-state index contributed by atoms with van der Waals surface area (Å²) in [6.07, 6.45) is 4.91. The maximum Gasteiger partial charge on any atom is 0.122 e. The molecule has 0 amide bonds. The van der Waals surface area contributed by atoms with Crippen LogP contribution in [-0.4, -0.2) is 85.7 Å². The summed E-state index contributed by atoms with van der Waals surface area (Å²) < 4.78 is 14.9. The largest absolute Gasteiger partial charge is 0.389 e. The first-order valence-corrected chi connectivity index (χ1v) is 9.37. The van der Waals surface area contributed by atoms with Gasteiger partial charge in [0.2, 0.25) is 0 Å². The topological polar surface area (TPSA) is 102 Å². The molecule has 0 spiro atoms. The predicted octanol–water partition coefficient (Wildman–Crippen LogP) is -1.24. The Labute approximate surface area is 158 Å². The third kappa shape index (κ3) is 4.53. The van der Waals surface area contributed by atoms with E-state index in [0.29, 0.717) is 19.7 Å². The molecule has 0 saturated carbocycles. The highest BCUT2D eigenvalue weighted by Crippen LogP contribution is 2.17. The van der Waals surface area contributed by atoms with Gasteiger partial charge in [-0.25, -0.2) is 9.67 Å². The number of aliphatic hydroxyl groups is 1. The standard InChI is InChI=1S/C17H27N7O3/c1-22-3-2-18-16(22)8-19-17-14(25)12-27-15(17)11-24-10-13(20-21-24)9-23-4-6-26-7-5-23/h2-3,10,14-15,17,19,25H,4-9,11-12H2,1H3/t14-,15+,17+/m0/s1. The van der Waals surface area contributed by atoms with Gasteiger partial charge < -0.3 is 24.5 Å². The lowest BCUT2D eigenvalue weighted by molar-refractivity contribution is 0.0336. The van der Waals surface area contributed by atoms with Crippen LogP contribution in [0.5, 0.6) is 0 Å². The van der Waals surface area contributed by atoms with Crippen molar-refractivity contribution in [3.8, 4) is 0 Å². The van der Waals surface area contributed by atoms with Gasteiger partial charge in [-0.2, -0.15) is 0 Å². The van der Waals surface area contributed by atoms with Crippen molar-refractivity contribution in [1.82, 2.24) is 34.8 Å². The number of nitrogens with one attached hydrogen (secondary N) is 1. The van der Waals surface area contributed by atoms with Gasteiger partial charge in [0.25, 0.3) is 0 Å². The molecule has 2 saturated heterocycles. The summed E-state index contributed by atoms with van der Waals surface area (Å²) in [6.45, 7) is 5.59. The van der Waals surface area contributed by atoms with Gasteiger partial charge in [0.15, 0.2) is 0 Å². The molecule has 27 heavy (non-hydrogen) atoms. The van der Waals surface area contributed by atoms with Crippen molar-refractivity contribution in [3.05, 3.63) is 30.1 Å². The van der Waals surface area contributed by atoms with Gasteiger partial charge in [0.05, 0.1) is 56.9 Å². The number of imidazole rings is 1. The number of aryl methyl sites for hydroxylation is 1. The third-order valence-corrected chi connectivity index (χ3v) is 5.16. The fourth-order valence-corrected chi connectivity index (χ4v) is 3.56. The zero-order valence-electron chi connectivity index (χ0n) is 15.6. The number of aliphatic hydroxyl groups excluding tert-OH is 1. The van der Waals surface area contributed by atoms with E-state index in [1.807, 2.05) is 24.0 Å². The molecule has 148 valence electrons.